The monoisotopic (exact) mass is 285 g/mol. The van der Waals surface area contributed by atoms with E-state index in [2.05, 4.69) is 14.2 Å². The van der Waals surface area contributed by atoms with Gasteiger partial charge in [0.2, 0.25) is 10.0 Å². The lowest BCUT2D eigenvalue weighted by molar-refractivity contribution is -0.286. The molecule has 1 aromatic carbocycles. The second-order valence-electron chi connectivity index (χ2n) is 3.15. The van der Waals surface area contributed by atoms with E-state index in [1.807, 2.05) is 0 Å². The number of sulfonamides is 1. The van der Waals surface area contributed by atoms with Crippen LogP contribution < -0.4 is 14.2 Å². The lowest BCUT2D eigenvalue weighted by Crippen LogP contribution is -2.25. The maximum Gasteiger partial charge on any atom is 0.586 e. The van der Waals surface area contributed by atoms with Crippen LogP contribution in [0, 0.1) is 0 Å². The Morgan fingerprint density at radius 1 is 1.29 bits per heavy atom. The molecule has 1 N–H and O–H groups in total. The quantitative estimate of drug-likeness (QED) is 0.862. The summed E-state index contributed by atoms with van der Waals surface area (Å²) in [6, 6.07) is 3.51. The SMILES string of the molecule is O=S(=O)(CCl)Nc1ccc2c(c1)OC(F)(F)O2. The zero-order chi connectivity index (χ0) is 12.7. The molecule has 0 atom stereocenters. The van der Waals surface area contributed by atoms with E-state index in [9.17, 15) is 17.2 Å². The van der Waals surface area contributed by atoms with Gasteiger partial charge in [-0.3, -0.25) is 4.72 Å². The molecule has 0 spiro atoms. The molecule has 1 aliphatic heterocycles. The normalized spacial score (nSPS) is 16.9. The highest BCUT2D eigenvalue weighted by Crippen LogP contribution is 2.42. The second kappa shape index (κ2) is 3.88. The molecular formula is C8H6ClF2NO4S. The first-order valence-electron chi connectivity index (χ1n) is 4.28. The Morgan fingerprint density at radius 2 is 1.94 bits per heavy atom. The predicted octanol–water partition coefficient (Wildman–Crippen LogP) is 1.95. The molecule has 9 heteroatoms. The van der Waals surface area contributed by atoms with E-state index in [-0.39, 0.29) is 17.2 Å². The lowest BCUT2D eigenvalue weighted by atomic mass is 10.3. The highest BCUT2D eigenvalue weighted by atomic mass is 35.5. The first kappa shape index (κ1) is 12.2. The van der Waals surface area contributed by atoms with Gasteiger partial charge in [0.15, 0.2) is 11.5 Å². The van der Waals surface area contributed by atoms with E-state index < -0.39 is 21.5 Å². The van der Waals surface area contributed by atoms with E-state index in [1.54, 1.807) is 0 Å². The molecule has 94 valence electrons. The summed E-state index contributed by atoms with van der Waals surface area (Å²) in [5.41, 5.74) is 0.0608. The van der Waals surface area contributed by atoms with Gasteiger partial charge in [-0.25, -0.2) is 8.42 Å². The molecule has 0 radical (unpaired) electrons. The van der Waals surface area contributed by atoms with E-state index in [1.165, 1.54) is 12.1 Å². The highest BCUT2D eigenvalue weighted by molar-refractivity contribution is 7.93. The van der Waals surface area contributed by atoms with E-state index >= 15 is 0 Å². The van der Waals surface area contributed by atoms with Crippen molar-refractivity contribution in [2.45, 2.75) is 6.29 Å². The van der Waals surface area contributed by atoms with Crippen LogP contribution in [0.25, 0.3) is 0 Å². The van der Waals surface area contributed by atoms with Gasteiger partial charge in [-0.15, -0.1) is 20.4 Å². The first-order valence-corrected chi connectivity index (χ1v) is 6.46. The zero-order valence-corrected chi connectivity index (χ0v) is 9.69. The third kappa shape index (κ3) is 2.70. The summed E-state index contributed by atoms with van der Waals surface area (Å²) >= 11 is 5.18. The average molecular weight is 286 g/mol. The third-order valence-corrected chi connectivity index (χ3v) is 3.51. The van der Waals surface area contributed by atoms with Crippen molar-refractivity contribution in [3.05, 3.63) is 18.2 Å². The number of alkyl halides is 3. The molecule has 5 nitrogen and oxygen atoms in total. The summed E-state index contributed by atoms with van der Waals surface area (Å²) in [5.74, 6) is -0.409. The number of hydrogen-bond donors (Lipinski definition) is 1. The van der Waals surface area contributed by atoms with Gasteiger partial charge in [-0.1, -0.05) is 0 Å². The van der Waals surface area contributed by atoms with E-state index in [0.29, 0.717) is 0 Å². The molecule has 0 saturated heterocycles. The number of benzene rings is 1. The molecule has 0 aliphatic carbocycles. The van der Waals surface area contributed by atoms with Crippen LogP contribution in [0.15, 0.2) is 18.2 Å². The minimum atomic E-state index is -3.73. The Kier molecular flexibility index (Phi) is 2.78. The van der Waals surface area contributed by atoms with Crippen molar-refractivity contribution in [2.24, 2.45) is 0 Å². The van der Waals surface area contributed by atoms with Gasteiger partial charge in [0, 0.05) is 6.07 Å². The van der Waals surface area contributed by atoms with Gasteiger partial charge in [0.25, 0.3) is 0 Å². The smallest absolute Gasteiger partial charge is 0.395 e. The Labute approximate surface area is 100 Å². The van der Waals surface area contributed by atoms with Crippen LogP contribution in [-0.2, 0) is 10.0 Å². The minimum absolute atomic E-state index is 0.0608. The summed E-state index contributed by atoms with van der Waals surface area (Å²) in [6.07, 6.45) is -3.73. The van der Waals surface area contributed by atoms with Crippen molar-refractivity contribution in [3.8, 4) is 11.5 Å². The highest BCUT2D eigenvalue weighted by Gasteiger charge is 2.43. The summed E-state index contributed by atoms with van der Waals surface area (Å²) in [4.78, 5) is 0. The molecular weight excluding hydrogens is 280 g/mol. The van der Waals surface area contributed by atoms with Gasteiger partial charge in [-0.2, -0.15) is 0 Å². The molecule has 0 unspecified atom stereocenters. The van der Waals surface area contributed by atoms with Crippen molar-refractivity contribution >= 4 is 27.3 Å². The molecule has 0 amide bonds. The largest absolute Gasteiger partial charge is 0.586 e. The molecule has 0 saturated carbocycles. The van der Waals surface area contributed by atoms with Crippen molar-refractivity contribution in [2.75, 3.05) is 9.93 Å². The van der Waals surface area contributed by atoms with Crippen molar-refractivity contribution in [1.29, 1.82) is 0 Å². The predicted molar refractivity (Wildman–Crippen MR) is 55.9 cm³/mol. The van der Waals surface area contributed by atoms with Crippen LogP contribution in [0.1, 0.15) is 0 Å². The maximum atomic E-state index is 12.7. The van der Waals surface area contributed by atoms with Gasteiger partial charge in [0.1, 0.15) is 5.21 Å². The Bertz CT molecular complexity index is 548. The van der Waals surface area contributed by atoms with Crippen LogP contribution in [0.3, 0.4) is 0 Å². The van der Waals surface area contributed by atoms with Crippen LogP contribution in [0.2, 0.25) is 0 Å². The fraction of sp³-hybridized carbons (Fsp3) is 0.250. The molecule has 0 bridgehead atoms. The average Bonchev–Trinajstić information content (AvgIpc) is 2.50. The maximum absolute atomic E-state index is 12.7. The summed E-state index contributed by atoms with van der Waals surface area (Å²) in [5, 5.41) is -0.641. The van der Waals surface area contributed by atoms with Crippen molar-refractivity contribution < 1.29 is 26.7 Å². The Morgan fingerprint density at radius 3 is 2.59 bits per heavy atom. The van der Waals surface area contributed by atoms with Crippen LogP contribution in [-0.4, -0.2) is 19.9 Å². The first-order chi connectivity index (χ1) is 7.81. The van der Waals surface area contributed by atoms with Crippen molar-refractivity contribution in [1.82, 2.24) is 0 Å². The van der Waals surface area contributed by atoms with Crippen molar-refractivity contribution in [3.63, 3.8) is 0 Å². The van der Waals surface area contributed by atoms with Crippen LogP contribution in [0.5, 0.6) is 11.5 Å². The summed E-state index contributed by atoms with van der Waals surface area (Å²) < 4.78 is 58.0. The molecule has 2 rings (SSSR count). The second-order valence-corrected chi connectivity index (χ2v) is 5.46. The van der Waals surface area contributed by atoms with Gasteiger partial charge < -0.3 is 9.47 Å². The van der Waals surface area contributed by atoms with E-state index in [4.69, 9.17) is 11.6 Å². The van der Waals surface area contributed by atoms with Gasteiger partial charge >= 0.3 is 6.29 Å². The number of ether oxygens (including phenoxy) is 2. The lowest BCUT2D eigenvalue weighted by Gasteiger charge is -2.05. The van der Waals surface area contributed by atoms with Crippen LogP contribution in [0.4, 0.5) is 14.5 Å². The molecule has 0 aromatic heterocycles. The number of halogens is 3. The number of nitrogens with one attached hydrogen (secondary N) is 1. The number of fused-ring (bicyclic) bond motifs is 1. The topological polar surface area (TPSA) is 64.6 Å². The molecule has 0 fully saturated rings. The molecule has 1 aliphatic rings. The Balaban J connectivity index is 2.26. The van der Waals surface area contributed by atoms with Crippen LogP contribution >= 0.6 is 11.6 Å². The zero-order valence-electron chi connectivity index (χ0n) is 8.11. The third-order valence-electron chi connectivity index (χ3n) is 1.82. The van der Waals surface area contributed by atoms with E-state index in [0.717, 1.165) is 6.07 Å². The fourth-order valence-corrected chi connectivity index (χ4v) is 1.92. The van der Waals surface area contributed by atoms with Gasteiger partial charge in [0.05, 0.1) is 5.69 Å². The minimum Gasteiger partial charge on any atom is -0.395 e. The number of rotatable bonds is 3. The summed E-state index contributed by atoms with van der Waals surface area (Å²) in [6.45, 7) is 0. The standard InChI is InChI=1S/C8H6ClF2NO4S/c9-4-17(13,14)12-5-1-2-6-7(3-5)16-8(10,11)15-6/h1-3,12H,4H2. The Hall–Kier alpha value is -1.28. The number of hydrogen-bond acceptors (Lipinski definition) is 4. The summed E-state index contributed by atoms with van der Waals surface area (Å²) in [7, 11) is -3.69. The number of anilines is 1. The molecule has 1 heterocycles. The van der Waals surface area contributed by atoms with Gasteiger partial charge in [-0.05, 0) is 12.1 Å². The molecule has 17 heavy (non-hydrogen) atoms. The molecule has 1 aromatic rings. The fourth-order valence-electron chi connectivity index (χ4n) is 1.22.